The molecular weight excluding hydrogens is 276 g/mol. The van der Waals surface area contributed by atoms with Gasteiger partial charge in [0.2, 0.25) is 0 Å². The topological polar surface area (TPSA) is 62.0 Å². The number of carbonyl (C=O) groups excluding carboxylic acids is 1. The summed E-state index contributed by atoms with van der Waals surface area (Å²) in [6.07, 6.45) is 0. The van der Waals surface area contributed by atoms with Crippen molar-refractivity contribution in [1.29, 1.82) is 0 Å². The van der Waals surface area contributed by atoms with Crippen molar-refractivity contribution < 1.29 is 9.90 Å². The highest BCUT2D eigenvalue weighted by Crippen LogP contribution is 2.24. The zero-order valence-corrected chi connectivity index (χ0v) is 12.9. The van der Waals surface area contributed by atoms with Crippen LogP contribution in [0.4, 0.5) is 5.69 Å². The molecule has 0 spiro atoms. The Bertz CT molecular complexity index is 747. The van der Waals surface area contributed by atoms with Gasteiger partial charge in [-0.25, -0.2) is 0 Å². The Morgan fingerprint density at radius 2 is 1.68 bits per heavy atom. The third-order valence-corrected chi connectivity index (χ3v) is 3.44. The summed E-state index contributed by atoms with van der Waals surface area (Å²) in [5.41, 5.74) is 3.25. The number of azo groups is 1. The van der Waals surface area contributed by atoms with Crippen molar-refractivity contribution in [2.24, 2.45) is 10.2 Å². The minimum atomic E-state index is -0.338. The first-order chi connectivity index (χ1) is 10.5. The van der Waals surface area contributed by atoms with Crippen molar-refractivity contribution in [2.75, 3.05) is 0 Å². The average Bonchev–Trinajstić information content (AvgIpc) is 2.52. The first-order valence-corrected chi connectivity index (χ1v) is 6.98. The number of rotatable bonds is 4. The van der Waals surface area contributed by atoms with E-state index in [1.165, 1.54) is 6.92 Å². The van der Waals surface area contributed by atoms with Crippen LogP contribution >= 0.6 is 0 Å². The molecule has 2 aromatic rings. The highest BCUT2D eigenvalue weighted by molar-refractivity contribution is 5.99. The summed E-state index contributed by atoms with van der Waals surface area (Å²) < 4.78 is 0. The van der Waals surface area contributed by atoms with Crippen LogP contribution in [0.25, 0.3) is 5.76 Å². The van der Waals surface area contributed by atoms with Crippen LogP contribution in [0.15, 0.2) is 64.5 Å². The summed E-state index contributed by atoms with van der Waals surface area (Å²) in [4.78, 5) is 11.8. The normalized spacial score (nSPS) is 12.3. The second-order valence-electron chi connectivity index (χ2n) is 5.04. The van der Waals surface area contributed by atoms with Crippen molar-refractivity contribution in [3.05, 3.63) is 70.9 Å². The van der Waals surface area contributed by atoms with Crippen LogP contribution in [0.1, 0.15) is 23.6 Å². The number of allylic oxidation sites excluding steroid dienone is 1. The number of hydrogen-bond donors (Lipinski definition) is 1. The van der Waals surface area contributed by atoms with Crippen LogP contribution in [-0.2, 0) is 4.79 Å². The lowest BCUT2D eigenvalue weighted by atomic mass is 10.1. The molecule has 2 aromatic carbocycles. The van der Waals surface area contributed by atoms with Gasteiger partial charge < -0.3 is 5.11 Å². The van der Waals surface area contributed by atoms with Crippen LogP contribution < -0.4 is 0 Å². The van der Waals surface area contributed by atoms with Gasteiger partial charge in [0.05, 0.1) is 5.69 Å². The van der Waals surface area contributed by atoms with Crippen LogP contribution in [0.5, 0.6) is 0 Å². The van der Waals surface area contributed by atoms with E-state index in [4.69, 9.17) is 0 Å². The van der Waals surface area contributed by atoms with E-state index in [1.807, 2.05) is 38.1 Å². The Morgan fingerprint density at radius 1 is 1.00 bits per heavy atom. The van der Waals surface area contributed by atoms with Gasteiger partial charge in [-0.3, -0.25) is 4.79 Å². The van der Waals surface area contributed by atoms with Crippen LogP contribution in [0.3, 0.4) is 0 Å². The van der Waals surface area contributed by atoms with E-state index >= 15 is 0 Å². The molecule has 22 heavy (non-hydrogen) atoms. The van der Waals surface area contributed by atoms with E-state index in [9.17, 15) is 9.90 Å². The fraction of sp³-hybridized carbons (Fsp3) is 0.167. The fourth-order valence-electron chi connectivity index (χ4n) is 1.97. The molecule has 112 valence electrons. The van der Waals surface area contributed by atoms with E-state index in [1.54, 1.807) is 24.3 Å². The zero-order chi connectivity index (χ0) is 16.1. The van der Waals surface area contributed by atoms with Gasteiger partial charge >= 0.3 is 0 Å². The standard InChI is InChI=1S/C18H18N2O2/c1-12-8-7-11-16(13(12)2)19-20-17(14(3)21)18(22)15-9-5-4-6-10-15/h4-11,22H,1-3H3. The molecule has 0 radical (unpaired) electrons. The molecule has 0 fully saturated rings. The lowest BCUT2D eigenvalue weighted by Gasteiger charge is -2.05. The highest BCUT2D eigenvalue weighted by atomic mass is 16.3. The molecule has 0 saturated carbocycles. The number of aliphatic hydroxyl groups is 1. The molecule has 0 saturated heterocycles. The van der Waals surface area contributed by atoms with E-state index in [0.29, 0.717) is 11.3 Å². The summed E-state index contributed by atoms with van der Waals surface area (Å²) in [6, 6.07) is 14.5. The third kappa shape index (κ3) is 3.47. The van der Waals surface area contributed by atoms with Gasteiger partial charge in [0.1, 0.15) is 0 Å². The van der Waals surface area contributed by atoms with Crippen molar-refractivity contribution >= 4 is 17.2 Å². The van der Waals surface area contributed by atoms with E-state index in [0.717, 1.165) is 11.1 Å². The Labute approximate surface area is 129 Å². The molecule has 0 aliphatic rings. The predicted octanol–water partition coefficient (Wildman–Crippen LogP) is 4.90. The second-order valence-corrected chi connectivity index (χ2v) is 5.04. The molecule has 0 aliphatic heterocycles. The SMILES string of the molecule is CC(=O)C(N=Nc1cccc(C)c1C)=C(O)c1ccccc1. The van der Waals surface area contributed by atoms with Crippen molar-refractivity contribution in [3.8, 4) is 0 Å². The summed E-state index contributed by atoms with van der Waals surface area (Å²) in [7, 11) is 0. The van der Waals surface area contributed by atoms with Gasteiger partial charge in [-0.05, 0) is 31.0 Å². The van der Waals surface area contributed by atoms with E-state index in [-0.39, 0.29) is 17.2 Å². The van der Waals surface area contributed by atoms with Crippen LogP contribution in [0, 0.1) is 13.8 Å². The van der Waals surface area contributed by atoms with Gasteiger partial charge in [-0.2, -0.15) is 5.11 Å². The second kappa shape index (κ2) is 6.80. The molecule has 1 N–H and O–H groups in total. The maximum atomic E-state index is 11.8. The number of aliphatic hydroxyl groups excluding tert-OH is 1. The molecule has 4 heteroatoms. The number of benzene rings is 2. The fourth-order valence-corrected chi connectivity index (χ4v) is 1.97. The third-order valence-electron chi connectivity index (χ3n) is 3.44. The first-order valence-electron chi connectivity index (χ1n) is 6.98. The molecule has 0 heterocycles. The zero-order valence-electron chi connectivity index (χ0n) is 12.9. The van der Waals surface area contributed by atoms with Gasteiger partial charge in [0, 0.05) is 12.5 Å². The lowest BCUT2D eigenvalue weighted by Crippen LogP contribution is -1.98. The average molecular weight is 294 g/mol. The molecule has 4 nitrogen and oxygen atoms in total. The maximum Gasteiger partial charge on any atom is 0.183 e. The van der Waals surface area contributed by atoms with Crippen LogP contribution in [-0.4, -0.2) is 10.9 Å². The van der Waals surface area contributed by atoms with Crippen LogP contribution in [0.2, 0.25) is 0 Å². The highest BCUT2D eigenvalue weighted by Gasteiger charge is 2.12. The largest absolute Gasteiger partial charge is 0.505 e. The molecule has 0 bridgehead atoms. The van der Waals surface area contributed by atoms with Gasteiger partial charge in [-0.15, -0.1) is 5.11 Å². The number of carbonyl (C=O) groups is 1. The van der Waals surface area contributed by atoms with Crippen molar-refractivity contribution in [3.63, 3.8) is 0 Å². The minimum Gasteiger partial charge on any atom is -0.505 e. The Kier molecular flexibility index (Phi) is 4.84. The molecular formula is C18H18N2O2. The Morgan fingerprint density at radius 3 is 2.32 bits per heavy atom. The quantitative estimate of drug-likeness (QED) is 0.495. The van der Waals surface area contributed by atoms with Gasteiger partial charge in [0.15, 0.2) is 17.2 Å². The monoisotopic (exact) mass is 294 g/mol. The van der Waals surface area contributed by atoms with E-state index in [2.05, 4.69) is 10.2 Å². The number of aryl methyl sites for hydroxylation is 1. The lowest BCUT2D eigenvalue weighted by molar-refractivity contribution is -0.113. The maximum absolute atomic E-state index is 11.8. The molecule has 0 unspecified atom stereocenters. The summed E-state index contributed by atoms with van der Waals surface area (Å²) >= 11 is 0. The summed E-state index contributed by atoms with van der Waals surface area (Å²) in [6.45, 7) is 5.28. The van der Waals surface area contributed by atoms with E-state index < -0.39 is 0 Å². The summed E-state index contributed by atoms with van der Waals surface area (Å²) in [5.74, 6) is -0.502. The van der Waals surface area contributed by atoms with Gasteiger partial charge in [0.25, 0.3) is 0 Å². The molecule has 0 aliphatic carbocycles. The Balaban J connectivity index is 2.44. The summed E-state index contributed by atoms with van der Waals surface area (Å²) in [5, 5.41) is 18.4. The smallest absolute Gasteiger partial charge is 0.183 e. The minimum absolute atomic E-state index is 0.0490. The molecule has 2 rings (SSSR count). The Hall–Kier alpha value is -2.75. The molecule has 0 aromatic heterocycles. The van der Waals surface area contributed by atoms with Crippen molar-refractivity contribution in [2.45, 2.75) is 20.8 Å². The molecule has 0 atom stereocenters. The number of ketones is 1. The number of hydrogen-bond acceptors (Lipinski definition) is 4. The predicted molar refractivity (Wildman–Crippen MR) is 87.1 cm³/mol. The molecule has 0 amide bonds. The first kappa shape index (κ1) is 15.6. The van der Waals surface area contributed by atoms with Gasteiger partial charge in [-0.1, -0.05) is 42.5 Å². The number of Topliss-reactive ketones (excluding diaryl/α,β-unsaturated/α-hetero) is 1. The van der Waals surface area contributed by atoms with Crippen molar-refractivity contribution in [1.82, 2.24) is 0 Å². The number of nitrogens with zero attached hydrogens (tertiary/aromatic N) is 2.